The van der Waals surface area contributed by atoms with E-state index in [2.05, 4.69) is 418 Å². The molecule has 4 aliphatic rings. The van der Waals surface area contributed by atoms with Crippen molar-refractivity contribution in [2.75, 3.05) is 0 Å². The van der Waals surface area contributed by atoms with Gasteiger partial charge >= 0.3 is 0 Å². The highest BCUT2D eigenvalue weighted by molar-refractivity contribution is 6.99. The van der Waals surface area contributed by atoms with Gasteiger partial charge in [-0.3, -0.25) is 0 Å². The number of hydrogen-bond donors (Lipinski definition) is 0. The molecule has 6 heterocycles. The van der Waals surface area contributed by atoms with Crippen molar-refractivity contribution in [3.8, 4) is 130 Å². The monoisotopic (exact) mass is 1610 g/mol. The van der Waals surface area contributed by atoms with Crippen molar-refractivity contribution in [3.05, 3.63) is 412 Å². The number of fused-ring (bicyclic) bond motifs is 18. The molecule has 4 aliphatic heterocycles. The van der Waals surface area contributed by atoms with E-state index >= 15 is 0 Å². The van der Waals surface area contributed by atoms with Crippen molar-refractivity contribution >= 4 is 133 Å². The second kappa shape index (κ2) is 28.5. The standard InChI is InChI=1S/C60H42BNO2.C57H33BN2O2/c1-60(2,3)41-32-38(31-40(33-41)58-47-23-9-7-21-45(47)57(37-17-5-4-6-18-37)46-22-8-10-24-48(46)58)39-34-55-59-56(35-39)64-54-36-42(29-30-50(54)61(59)49-25-13-16-28-53(49)63-55)62-51-26-14-11-19-43(51)44-20-12-15-27-52(44)62;59-34-35-28-37(30-39(29-35)56-45-20-6-4-18-43(45)55(36-14-2-1-3-15-36)44-19-5-7-21-46(44)56)38-31-53-57-54(32-38)62-52-33-40(26-27-48(52)58(57)47-22-10-13-25-51(47)61-53)60-49-23-11-8-16-41(49)42-17-9-12-24-50(42)60/h4-36H,1-3H3;1-33H. The molecule has 0 radical (unpaired) electrons. The van der Waals surface area contributed by atoms with E-state index in [1.54, 1.807) is 0 Å². The molecule has 0 saturated carbocycles. The Bertz CT molecular complexity index is 8220. The molecule has 20 aromatic carbocycles. The van der Waals surface area contributed by atoms with E-state index in [4.69, 9.17) is 18.9 Å². The van der Waals surface area contributed by atoms with Crippen LogP contribution in [0.2, 0.25) is 0 Å². The van der Waals surface area contributed by atoms with Crippen LogP contribution in [-0.4, -0.2) is 22.6 Å². The Hall–Kier alpha value is -16.1. The summed E-state index contributed by atoms with van der Waals surface area (Å²) in [6, 6.07) is 146. The molecule has 0 fully saturated rings. The number of nitriles is 1. The van der Waals surface area contributed by atoms with Crippen LogP contribution < -0.4 is 51.7 Å². The molecule has 0 atom stereocenters. The lowest BCUT2D eigenvalue weighted by Gasteiger charge is -2.33. The van der Waals surface area contributed by atoms with Crippen LogP contribution in [0.5, 0.6) is 46.0 Å². The predicted molar refractivity (Wildman–Crippen MR) is 523 cm³/mol. The van der Waals surface area contributed by atoms with E-state index in [0.29, 0.717) is 5.56 Å². The minimum absolute atomic E-state index is 0.0442. The summed E-state index contributed by atoms with van der Waals surface area (Å²) in [5.41, 5.74) is 28.4. The number of rotatable bonds is 8. The van der Waals surface area contributed by atoms with E-state index in [0.717, 1.165) is 145 Å². The fourth-order valence-corrected chi connectivity index (χ4v) is 21.0. The van der Waals surface area contributed by atoms with Crippen LogP contribution in [0.4, 0.5) is 0 Å². The molecule has 7 nitrogen and oxygen atoms in total. The number of benzene rings is 20. The topological polar surface area (TPSA) is 70.6 Å². The van der Waals surface area contributed by atoms with E-state index in [-0.39, 0.29) is 18.8 Å². The zero-order chi connectivity index (χ0) is 83.6. The van der Waals surface area contributed by atoms with Crippen molar-refractivity contribution in [3.63, 3.8) is 0 Å². The fraction of sp³-hybridized carbons (Fsp3) is 0.0342. The molecule has 0 N–H and O–H groups in total. The van der Waals surface area contributed by atoms with Gasteiger partial charge < -0.3 is 28.1 Å². The number of para-hydroxylation sites is 6. The Kier molecular flexibility index (Phi) is 16.4. The molecule has 126 heavy (non-hydrogen) atoms. The molecule has 22 aromatic rings. The summed E-state index contributed by atoms with van der Waals surface area (Å²) in [6.45, 7) is 6.79. The average molecular weight is 1610 g/mol. The Morgan fingerprint density at radius 2 is 0.500 bits per heavy atom. The van der Waals surface area contributed by atoms with E-state index in [9.17, 15) is 5.26 Å². The molecule has 26 rings (SSSR count). The summed E-state index contributed by atoms with van der Waals surface area (Å²) in [6.07, 6.45) is 0. The van der Waals surface area contributed by atoms with Crippen molar-refractivity contribution in [1.29, 1.82) is 5.26 Å². The summed E-state index contributed by atoms with van der Waals surface area (Å²) in [5.74, 6) is 6.53. The second-order valence-electron chi connectivity index (χ2n) is 34.7. The van der Waals surface area contributed by atoms with Crippen LogP contribution in [0.25, 0.3) is 165 Å². The zero-order valence-corrected chi connectivity index (χ0v) is 69.2. The van der Waals surface area contributed by atoms with Gasteiger partial charge in [-0.1, -0.05) is 312 Å². The third-order valence-electron chi connectivity index (χ3n) is 26.5. The second-order valence-corrected chi connectivity index (χ2v) is 34.7. The highest BCUT2D eigenvalue weighted by atomic mass is 16.5. The van der Waals surface area contributed by atoms with E-state index < -0.39 is 0 Å². The first kappa shape index (κ1) is 72.7. The lowest BCUT2D eigenvalue weighted by molar-refractivity contribution is 0.464. The van der Waals surface area contributed by atoms with E-state index in [1.165, 1.54) is 104 Å². The van der Waals surface area contributed by atoms with Crippen molar-refractivity contribution < 1.29 is 18.9 Å². The van der Waals surface area contributed by atoms with Gasteiger partial charge in [-0.05, 0) is 240 Å². The molecule has 0 spiro atoms. The molecule has 2 aromatic heterocycles. The van der Waals surface area contributed by atoms with Gasteiger partial charge in [-0.15, -0.1) is 0 Å². The smallest absolute Gasteiger partial charge is 0.260 e. The van der Waals surface area contributed by atoms with Gasteiger partial charge in [0.15, 0.2) is 0 Å². The van der Waals surface area contributed by atoms with Gasteiger partial charge in [0, 0.05) is 56.0 Å². The summed E-state index contributed by atoms with van der Waals surface area (Å²) >= 11 is 0. The largest absolute Gasteiger partial charge is 0.458 e. The van der Waals surface area contributed by atoms with Gasteiger partial charge in [0.2, 0.25) is 0 Å². The lowest BCUT2D eigenvalue weighted by Crippen LogP contribution is -2.57. The number of nitrogens with zero attached hydrogens (tertiary/aromatic N) is 3. The molecule has 9 heteroatoms. The zero-order valence-electron chi connectivity index (χ0n) is 69.2. The van der Waals surface area contributed by atoms with Crippen LogP contribution in [0.3, 0.4) is 0 Å². The average Bonchev–Trinajstić information content (AvgIpc) is 1.23. The first-order valence-corrected chi connectivity index (χ1v) is 43.3. The van der Waals surface area contributed by atoms with Gasteiger partial charge in [-0.2, -0.15) is 5.26 Å². The Morgan fingerprint density at radius 1 is 0.230 bits per heavy atom. The molecular weight excluding hydrogens is 1530 g/mol. The van der Waals surface area contributed by atoms with E-state index in [1.807, 2.05) is 18.2 Å². The fourth-order valence-electron chi connectivity index (χ4n) is 21.0. The molecule has 0 bridgehead atoms. The summed E-state index contributed by atoms with van der Waals surface area (Å²) in [4.78, 5) is 0. The van der Waals surface area contributed by atoms with Crippen LogP contribution >= 0.6 is 0 Å². The number of hydrogen-bond acceptors (Lipinski definition) is 5. The Balaban J connectivity index is 0.000000137. The predicted octanol–water partition coefficient (Wildman–Crippen LogP) is 26.8. The normalized spacial score (nSPS) is 12.6. The van der Waals surface area contributed by atoms with Gasteiger partial charge in [0.05, 0.1) is 33.7 Å². The van der Waals surface area contributed by atoms with Gasteiger partial charge in [-0.25, -0.2) is 0 Å². The molecule has 0 amide bonds. The molecular formula is C117H75B2N3O4. The van der Waals surface area contributed by atoms with Gasteiger partial charge in [0.1, 0.15) is 46.0 Å². The maximum Gasteiger partial charge on any atom is 0.260 e. The Labute approximate surface area is 729 Å². The summed E-state index contributed by atoms with van der Waals surface area (Å²) in [5, 5.41) is 25.0. The molecule has 0 saturated heterocycles. The van der Waals surface area contributed by atoms with Crippen LogP contribution in [0, 0.1) is 11.3 Å². The molecule has 588 valence electrons. The van der Waals surface area contributed by atoms with Crippen LogP contribution in [-0.2, 0) is 5.41 Å². The minimum atomic E-state index is -0.123. The minimum Gasteiger partial charge on any atom is -0.458 e. The van der Waals surface area contributed by atoms with Crippen molar-refractivity contribution in [2.24, 2.45) is 0 Å². The lowest BCUT2D eigenvalue weighted by atomic mass is 9.35. The summed E-state index contributed by atoms with van der Waals surface area (Å²) in [7, 11) is 0. The highest BCUT2D eigenvalue weighted by Gasteiger charge is 2.43. The SMILES string of the molecule is CC(C)(C)c1cc(-c2cc3c4c(c2)Oc2cc(-n5c6ccccc6c6ccccc65)ccc2B4c2ccccc2O3)cc(-c2c3ccccc3c(-c3ccccc3)c3ccccc23)c1.N#Cc1cc(-c2cc3c4c(c2)Oc2cc(-n5c6ccccc6c6ccccc65)ccc2B4c2ccccc2O3)cc(-c2c3ccccc3c(-c3ccccc3)c3ccccc23)c1. The van der Waals surface area contributed by atoms with Crippen molar-refractivity contribution in [2.45, 2.75) is 26.2 Å². The van der Waals surface area contributed by atoms with Gasteiger partial charge in [0.25, 0.3) is 13.4 Å². The number of aromatic nitrogens is 2. The summed E-state index contributed by atoms with van der Waals surface area (Å²) < 4.78 is 32.5. The van der Waals surface area contributed by atoms with Crippen LogP contribution in [0.1, 0.15) is 31.9 Å². The third-order valence-corrected chi connectivity index (χ3v) is 26.5. The number of ether oxygens (including phenoxy) is 4. The third kappa shape index (κ3) is 11.5. The quantitative estimate of drug-likeness (QED) is 0.112. The first-order chi connectivity index (χ1) is 62.1. The first-order valence-electron chi connectivity index (χ1n) is 43.3. The molecule has 0 aliphatic carbocycles. The van der Waals surface area contributed by atoms with Crippen molar-refractivity contribution in [1.82, 2.24) is 9.13 Å². The maximum absolute atomic E-state index is 10.6. The Morgan fingerprint density at radius 3 is 0.857 bits per heavy atom. The molecule has 0 unspecified atom stereocenters. The maximum atomic E-state index is 10.6. The van der Waals surface area contributed by atoms with Crippen LogP contribution in [0.15, 0.2) is 400 Å². The highest BCUT2D eigenvalue weighted by Crippen LogP contribution is 2.51.